The Morgan fingerprint density at radius 3 is 2.60 bits per heavy atom. The molecular weight excluding hydrogens is 251 g/mol. The number of pyridine rings is 1. The Morgan fingerprint density at radius 1 is 1.25 bits per heavy atom. The maximum Gasteiger partial charge on any atom is 0.141 e. The molecule has 1 aliphatic carbocycles. The van der Waals surface area contributed by atoms with E-state index >= 15 is 0 Å². The molecule has 0 aliphatic heterocycles. The van der Waals surface area contributed by atoms with Crippen LogP contribution in [0.4, 0.5) is 4.39 Å². The van der Waals surface area contributed by atoms with E-state index in [-0.39, 0.29) is 11.9 Å². The minimum absolute atomic E-state index is 0.231. The summed E-state index contributed by atoms with van der Waals surface area (Å²) >= 11 is 0. The highest BCUT2D eigenvalue weighted by molar-refractivity contribution is 5.16. The van der Waals surface area contributed by atoms with E-state index in [0.717, 1.165) is 18.0 Å². The van der Waals surface area contributed by atoms with Gasteiger partial charge in [0.15, 0.2) is 0 Å². The quantitative estimate of drug-likeness (QED) is 0.830. The number of nitrogens with zero attached hydrogens (tertiary/aromatic N) is 1. The van der Waals surface area contributed by atoms with Gasteiger partial charge in [-0.2, -0.15) is 0 Å². The number of hydrogen-bond acceptors (Lipinski definition) is 2. The van der Waals surface area contributed by atoms with Gasteiger partial charge >= 0.3 is 0 Å². The third-order valence-corrected chi connectivity index (χ3v) is 4.57. The van der Waals surface area contributed by atoms with Crippen molar-refractivity contribution >= 4 is 0 Å². The SMILES string of the molecule is CCCC1CCC(C(NCC)c2cncc(F)c2)CC1. The Balaban J connectivity index is 2.02. The van der Waals surface area contributed by atoms with Gasteiger partial charge < -0.3 is 5.32 Å². The molecule has 1 aromatic rings. The van der Waals surface area contributed by atoms with E-state index in [0.29, 0.717) is 5.92 Å². The summed E-state index contributed by atoms with van der Waals surface area (Å²) in [5.74, 6) is 1.29. The molecule has 1 aliphatic rings. The zero-order valence-corrected chi connectivity index (χ0v) is 12.7. The van der Waals surface area contributed by atoms with Crippen molar-refractivity contribution < 1.29 is 4.39 Å². The first-order valence-electron chi connectivity index (χ1n) is 8.08. The van der Waals surface area contributed by atoms with E-state index < -0.39 is 0 Å². The molecule has 2 nitrogen and oxygen atoms in total. The molecule has 1 aromatic heterocycles. The first-order valence-corrected chi connectivity index (χ1v) is 8.08. The maximum absolute atomic E-state index is 13.4. The Morgan fingerprint density at radius 2 is 2.00 bits per heavy atom. The Bertz CT molecular complexity index is 400. The zero-order chi connectivity index (χ0) is 14.4. The van der Waals surface area contributed by atoms with E-state index in [9.17, 15) is 4.39 Å². The molecule has 0 saturated heterocycles. The van der Waals surface area contributed by atoms with Crippen LogP contribution in [0.3, 0.4) is 0 Å². The molecule has 1 N–H and O–H groups in total. The number of aromatic nitrogens is 1. The summed E-state index contributed by atoms with van der Waals surface area (Å²) in [7, 11) is 0. The fourth-order valence-electron chi connectivity index (χ4n) is 3.59. The number of halogens is 1. The predicted molar refractivity (Wildman–Crippen MR) is 81.0 cm³/mol. The maximum atomic E-state index is 13.4. The summed E-state index contributed by atoms with van der Waals surface area (Å²) < 4.78 is 13.4. The normalized spacial score (nSPS) is 24.6. The van der Waals surface area contributed by atoms with Crippen molar-refractivity contribution in [1.29, 1.82) is 0 Å². The van der Waals surface area contributed by atoms with Crippen molar-refractivity contribution in [3.05, 3.63) is 29.8 Å². The molecule has 112 valence electrons. The summed E-state index contributed by atoms with van der Waals surface area (Å²) in [5.41, 5.74) is 1.01. The Labute approximate surface area is 122 Å². The molecule has 1 heterocycles. The van der Waals surface area contributed by atoms with Crippen LogP contribution in [0.15, 0.2) is 18.5 Å². The van der Waals surface area contributed by atoms with E-state index in [1.165, 1.54) is 44.7 Å². The van der Waals surface area contributed by atoms with Gasteiger partial charge in [-0.1, -0.05) is 39.5 Å². The van der Waals surface area contributed by atoms with Gasteiger partial charge in [0, 0.05) is 12.2 Å². The predicted octanol–water partition coefficient (Wildman–Crippen LogP) is 4.48. The van der Waals surface area contributed by atoms with Crippen molar-refractivity contribution in [1.82, 2.24) is 10.3 Å². The van der Waals surface area contributed by atoms with Crippen molar-refractivity contribution in [2.45, 2.75) is 58.4 Å². The van der Waals surface area contributed by atoms with Crippen LogP contribution >= 0.6 is 0 Å². The van der Waals surface area contributed by atoms with Crippen LogP contribution < -0.4 is 5.32 Å². The van der Waals surface area contributed by atoms with Crippen LogP contribution in [-0.4, -0.2) is 11.5 Å². The van der Waals surface area contributed by atoms with Gasteiger partial charge in [0.1, 0.15) is 5.82 Å². The largest absolute Gasteiger partial charge is 0.310 e. The molecule has 1 unspecified atom stereocenters. The lowest BCUT2D eigenvalue weighted by molar-refractivity contribution is 0.215. The van der Waals surface area contributed by atoms with Crippen LogP contribution in [0.25, 0.3) is 0 Å². The van der Waals surface area contributed by atoms with Crippen molar-refractivity contribution in [2.24, 2.45) is 11.8 Å². The lowest BCUT2D eigenvalue weighted by Crippen LogP contribution is -2.31. The average Bonchev–Trinajstić information content (AvgIpc) is 2.46. The number of rotatable bonds is 6. The number of nitrogens with one attached hydrogen (secondary N) is 1. The minimum atomic E-state index is -0.231. The summed E-state index contributed by atoms with van der Waals surface area (Å²) in [6.07, 6.45) is 10.9. The van der Waals surface area contributed by atoms with Crippen LogP contribution in [0.5, 0.6) is 0 Å². The molecule has 1 fully saturated rings. The molecule has 3 heteroatoms. The van der Waals surface area contributed by atoms with E-state index in [4.69, 9.17) is 0 Å². The second-order valence-electron chi connectivity index (χ2n) is 6.04. The minimum Gasteiger partial charge on any atom is -0.310 e. The average molecular weight is 278 g/mol. The first-order chi connectivity index (χ1) is 9.74. The molecular formula is C17H27FN2. The lowest BCUT2D eigenvalue weighted by atomic mass is 9.75. The summed E-state index contributed by atoms with van der Waals surface area (Å²) in [6.45, 7) is 5.30. The van der Waals surface area contributed by atoms with Crippen LogP contribution in [0.1, 0.15) is 64.0 Å². The van der Waals surface area contributed by atoms with E-state index in [1.54, 1.807) is 6.07 Å². The highest BCUT2D eigenvalue weighted by Crippen LogP contribution is 2.38. The summed E-state index contributed by atoms with van der Waals surface area (Å²) in [4.78, 5) is 4.01. The van der Waals surface area contributed by atoms with E-state index in [2.05, 4.69) is 24.1 Å². The monoisotopic (exact) mass is 278 g/mol. The topological polar surface area (TPSA) is 24.9 Å². The van der Waals surface area contributed by atoms with Crippen LogP contribution in [0, 0.1) is 17.7 Å². The molecule has 0 amide bonds. The first kappa shape index (κ1) is 15.4. The molecule has 0 aromatic carbocycles. The standard InChI is InChI=1S/C17H27FN2/c1-3-5-13-6-8-14(9-7-13)17(20-4-2)15-10-16(18)12-19-11-15/h10-14,17,20H,3-9H2,1-2H3. The zero-order valence-electron chi connectivity index (χ0n) is 12.7. The van der Waals surface area contributed by atoms with Crippen LogP contribution in [0.2, 0.25) is 0 Å². The van der Waals surface area contributed by atoms with Crippen molar-refractivity contribution in [3.8, 4) is 0 Å². The highest BCUT2D eigenvalue weighted by Gasteiger charge is 2.28. The van der Waals surface area contributed by atoms with Gasteiger partial charge in [-0.3, -0.25) is 4.98 Å². The van der Waals surface area contributed by atoms with Gasteiger partial charge in [-0.05, 0) is 42.9 Å². The second-order valence-corrected chi connectivity index (χ2v) is 6.04. The van der Waals surface area contributed by atoms with Crippen LogP contribution in [-0.2, 0) is 0 Å². The molecule has 1 saturated carbocycles. The highest BCUT2D eigenvalue weighted by atomic mass is 19.1. The van der Waals surface area contributed by atoms with Gasteiger partial charge in [0.2, 0.25) is 0 Å². The molecule has 1 atom stereocenters. The summed E-state index contributed by atoms with van der Waals surface area (Å²) in [6, 6.07) is 1.89. The third kappa shape index (κ3) is 4.02. The lowest BCUT2D eigenvalue weighted by Gasteiger charge is -2.34. The number of hydrogen-bond donors (Lipinski definition) is 1. The van der Waals surface area contributed by atoms with Crippen molar-refractivity contribution in [2.75, 3.05) is 6.54 Å². The van der Waals surface area contributed by atoms with E-state index in [1.807, 2.05) is 6.20 Å². The van der Waals surface area contributed by atoms with Crippen molar-refractivity contribution in [3.63, 3.8) is 0 Å². The Kier molecular flexibility index (Phi) is 5.96. The molecule has 0 radical (unpaired) electrons. The molecule has 20 heavy (non-hydrogen) atoms. The molecule has 0 spiro atoms. The summed E-state index contributed by atoms with van der Waals surface area (Å²) in [5, 5.41) is 3.54. The fraction of sp³-hybridized carbons (Fsp3) is 0.706. The fourth-order valence-corrected chi connectivity index (χ4v) is 3.59. The molecule has 2 rings (SSSR count). The molecule has 0 bridgehead atoms. The van der Waals surface area contributed by atoms with Gasteiger partial charge in [-0.15, -0.1) is 0 Å². The third-order valence-electron chi connectivity index (χ3n) is 4.57. The van der Waals surface area contributed by atoms with Gasteiger partial charge in [0.05, 0.1) is 6.20 Å². The smallest absolute Gasteiger partial charge is 0.141 e. The van der Waals surface area contributed by atoms with Gasteiger partial charge in [-0.25, -0.2) is 4.39 Å². The van der Waals surface area contributed by atoms with Gasteiger partial charge in [0.25, 0.3) is 0 Å². The Hall–Kier alpha value is -0.960. The second kappa shape index (κ2) is 7.72.